The second-order valence-electron chi connectivity index (χ2n) is 8.25. The number of imidazole rings is 1. The highest BCUT2D eigenvalue weighted by molar-refractivity contribution is 5.94. The minimum absolute atomic E-state index is 0.127. The van der Waals surface area contributed by atoms with Crippen LogP contribution in [-0.2, 0) is 13.2 Å². The number of amides is 1. The van der Waals surface area contributed by atoms with Gasteiger partial charge in [0.1, 0.15) is 18.2 Å². The molecule has 2 aromatic heterocycles. The molecule has 2 heterocycles. The number of hydrogen-bond donors (Lipinski definition) is 1. The number of aromatic nitrogens is 3. The van der Waals surface area contributed by atoms with Crippen molar-refractivity contribution >= 4 is 16.9 Å². The summed E-state index contributed by atoms with van der Waals surface area (Å²) >= 11 is 0. The fourth-order valence-electron chi connectivity index (χ4n) is 4.00. The number of para-hydroxylation sites is 2. The van der Waals surface area contributed by atoms with Crippen molar-refractivity contribution in [3.8, 4) is 5.75 Å². The Morgan fingerprint density at radius 2 is 1.84 bits per heavy atom. The van der Waals surface area contributed by atoms with Crippen LogP contribution in [0.3, 0.4) is 0 Å². The summed E-state index contributed by atoms with van der Waals surface area (Å²) in [5, 5.41) is 3.03. The summed E-state index contributed by atoms with van der Waals surface area (Å²) in [7, 11) is 0. The Hall–Kier alpha value is -3.67. The van der Waals surface area contributed by atoms with Crippen molar-refractivity contribution in [3.63, 3.8) is 0 Å². The molecule has 0 unspecified atom stereocenters. The second-order valence-corrected chi connectivity index (χ2v) is 8.25. The Bertz CT molecular complexity index is 1220. The number of pyridine rings is 1. The van der Waals surface area contributed by atoms with Crippen molar-refractivity contribution in [2.45, 2.75) is 46.9 Å². The van der Waals surface area contributed by atoms with E-state index in [2.05, 4.69) is 34.8 Å². The molecule has 0 fully saturated rings. The van der Waals surface area contributed by atoms with Gasteiger partial charge < -0.3 is 14.6 Å². The van der Waals surface area contributed by atoms with Gasteiger partial charge in [0, 0.05) is 29.6 Å². The van der Waals surface area contributed by atoms with Gasteiger partial charge in [-0.1, -0.05) is 18.2 Å². The largest absolute Gasteiger partial charge is 0.488 e. The molecule has 0 spiro atoms. The Labute approximate surface area is 188 Å². The van der Waals surface area contributed by atoms with Crippen LogP contribution in [0, 0.1) is 13.8 Å². The molecule has 2 aromatic carbocycles. The Morgan fingerprint density at radius 3 is 2.53 bits per heavy atom. The minimum atomic E-state index is -0.127. The molecule has 6 heteroatoms. The molecule has 0 bridgehead atoms. The van der Waals surface area contributed by atoms with Crippen LogP contribution < -0.4 is 10.1 Å². The van der Waals surface area contributed by atoms with Gasteiger partial charge >= 0.3 is 0 Å². The first-order chi connectivity index (χ1) is 15.4. The van der Waals surface area contributed by atoms with Gasteiger partial charge in [0.25, 0.3) is 5.91 Å². The van der Waals surface area contributed by atoms with Crippen molar-refractivity contribution in [3.05, 3.63) is 89.0 Å². The quantitative estimate of drug-likeness (QED) is 0.443. The third-order valence-electron chi connectivity index (χ3n) is 5.42. The molecule has 0 atom stereocenters. The van der Waals surface area contributed by atoms with E-state index in [9.17, 15) is 4.79 Å². The molecular formula is C26H28N4O2. The number of nitrogens with one attached hydrogen (secondary N) is 1. The highest BCUT2D eigenvalue weighted by Gasteiger charge is 2.16. The third kappa shape index (κ3) is 4.49. The molecule has 0 aliphatic rings. The lowest BCUT2D eigenvalue weighted by Crippen LogP contribution is -2.25. The van der Waals surface area contributed by atoms with Crippen LogP contribution in [0.15, 0.2) is 60.9 Å². The number of carbonyl (C=O) groups excluding carboxylic acids is 1. The first-order valence-corrected chi connectivity index (χ1v) is 10.8. The van der Waals surface area contributed by atoms with Crippen LogP contribution in [0.1, 0.15) is 52.8 Å². The van der Waals surface area contributed by atoms with E-state index in [0.717, 1.165) is 39.3 Å². The number of benzene rings is 2. The van der Waals surface area contributed by atoms with Crippen LogP contribution in [-0.4, -0.2) is 20.4 Å². The van der Waals surface area contributed by atoms with E-state index in [0.29, 0.717) is 18.7 Å². The average Bonchev–Trinajstić information content (AvgIpc) is 3.16. The highest BCUT2D eigenvalue weighted by atomic mass is 16.5. The molecule has 0 aliphatic carbocycles. The molecule has 0 aliphatic heterocycles. The molecule has 1 amide bonds. The van der Waals surface area contributed by atoms with Gasteiger partial charge in [0.2, 0.25) is 0 Å². The molecular weight excluding hydrogens is 400 g/mol. The standard InChI is InChI=1S/C26H28N4O2/c1-17(2)30-23-10-6-5-9-22(23)29-24(30)15-28-26(31)21-12-18(3)25(19(4)13-21)32-16-20-8-7-11-27-14-20/h5-14,17H,15-16H2,1-4H3,(H,28,31). The Kier molecular flexibility index (Phi) is 6.21. The Morgan fingerprint density at radius 1 is 1.09 bits per heavy atom. The smallest absolute Gasteiger partial charge is 0.251 e. The topological polar surface area (TPSA) is 69.0 Å². The zero-order valence-electron chi connectivity index (χ0n) is 18.9. The van der Waals surface area contributed by atoms with E-state index < -0.39 is 0 Å². The molecule has 1 N–H and O–H groups in total. The van der Waals surface area contributed by atoms with Crippen LogP contribution in [0.2, 0.25) is 0 Å². The van der Waals surface area contributed by atoms with Gasteiger partial charge in [-0.25, -0.2) is 4.98 Å². The second kappa shape index (κ2) is 9.22. The predicted octanol–water partition coefficient (Wildman–Crippen LogP) is 5.14. The van der Waals surface area contributed by atoms with E-state index in [1.165, 1.54) is 0 Å². The Balaban J connectivity index is 1.48. The lowest BCUT2D eigenvalue weighted by Gasteiger charge is -2.15. The average molecular weight is 429 g/mol. The van der Waals surface area contributed by atoms with Gasteiger partial charge in [0.05, 0.1) is 17.6 Å². The summed E-state index contributed by atoms with van der Waals surface area (Å²) < 4.78 is 8.18. The minimum Gasteiger partial charge on any atom is -0.488 e. The van der Waals surface area contributed by atoms with Crippen LogP contribution in [0.4, 0.5) is 0 Å². The molecule has 0 saturated carbocycles. The summed E-state index contributed by atoms with van der Waals surface area (Å²) in [4.78, 5) is 21.8. The molecule has 0 saturated heterocycles. The predicted molar refractivity (Wildman–Crippen MR) is 126 cm³/mol. The fourth-order valence-corrected chi connectivity index (χ4v) is 4.00. The van der Waals surface area contributed by atoms with E-state index in [4.69, 9.17) is 9.72 Å². The van der Waals surface area contributed by atoms with Crippen LogP contribution in [0.5, 0.6) is 5.75 Å². The van der Waals surface area contributed by atoms with Gasteiger partial charge in [-0.2, -0.15) is 0 Å². The van der Waals surface area contributed by atoms with Gasteiger partial charge in [-0.3, -0.25) is 9.78 Å². The summed E-state index contributed by atoms with van der Waals surface area (Å²) in [5.74, 6) is 1.52. The maximum absolute atomic E-state index is 12.9. The molecule has 164 valence electrons. The third-order valence-corrected chi connectivity index (χ3v) is 5.42. The van der Waals surface area contributed by atoms with E-state index in [1.807, 2.05) is 56.3 Å². The molecule has 32 heavy (non-hydrogen) atoms. The first kappa shape index (κ1) is 21.6. The number of aryl methyl sites for hydroxylation is 2. The molecule has 0 radical (unpaired) electrons. The van der Waals surface area contributed by atoms with Crippen LogP contribution in [0.25, 0.3) is 11.0 Å². The first-order valence-electron chi connectivity index (χ1n) is 10.8. The SMILES string of the molecule is Cc1cc(C(=O)NCc2nc3ccccc3n2C(C)C)cc(C)c1OCc1cccnc1. The molecule has 4 rings (SSSR count). The zero-order chi connectivity index (χ0) is 22.7. The van der Waals surface area contributed by atoms with Gasteiger partial charge in [-0.05, 0) is 69.2 Å². The van der Waals surface area contributed by atoms with Crippen molar-refractivity contribution < 1.29 is 9.53 Å². The highest BCUT2D eigenvalue weighted by Crippen LogP contribution is 2.26. The lowest BCUT2D eigenvalue weighted by atomic mass is 10.0. The van der Waals surface area contributed by atoms with E-state index in [-0.39, 0.29) is 11.9 Å². The van der Waals surface area contributed by atoms with E-state index in [1.54, 1.807) is 12.4 Å². The van der Waals surface area contributed by atoms with Crippen LogP contribution >= 0.6 is 0 Å². The zero-order valence-corrected chi connectivity index (χ0v) is 18.9. The number of hydrogen-bond acceptors (Lipinski definition) is 4. The molecule has 4 aromatic rings. The maximum atomic E-state index is 12.9. The number of nitrogens with zero attached hydrogens (tertiary/aromatic N) is 3. The van der Waals surface area contributed by atoms with Crippen molar-refractivity contribution in [1.29, 1.82) is 0 Å². The lowest BCUT2D eigenvalue weighted by molar-refractivity contribution is 0.0949. The number of rotatable bonds is 7. The van der Waals surface area contributed by atoms with Crippen molar-refractivity contribution in [2.75, 3.05) is 0 Å². The maximum Gasteiger partial charge on any atom is 0.251 e. The number of carbonyl (C=O) groups is 1. The summed E-state index contributed by atoms with van der Waals surface area (Å²) in [6.45, 7) is 8.96. The van der Waals surface area contributed by atoms with E-state index >= 15 is 0 Å². The van der Waals surface area contributed by atoms with Gasteiger partial charge in [-0.15, -0.1) is 0 Å². The van der Waals surface area contributed by atoms with Crippen molar-refractivity contribution in [2.24, 2.45) is 0 Å². The summed E-state index contributed by atoms with van der Waals surface area (Å²) in [6.07, 6.45) is 3.53. The number of ether oxygens (including phenoxy) is 1. The molecule has 6 nitrogen and oxygen atoms in total. The summed E-state index contributed by atoms with van der Waals surface area (Å²) in [6, 6.07) is 15.9. The summed E-state index contributed by atoms with van der Waals surface area (Å²) in [5.41, 5.74) is 5.48. The normalized spacial score (nSPS) is 11.2. The number of fused-ring (bicyclic) bond motifs is 1. The monoisotopic (exact) mass is 428 g/mol. The van der Waals surface area contributed by atoms with Crippen molar-refractivity contribution in [1.82, 2.24) is 19.9 Å². The van der Waals surface area contributed by atoms with Gasteiger partial charge in [0.15, 0.2) is 0 Å². The fraction of sp³-hybridized carbons (Fsp3) is 0.269.